The number of thioether (sulfide) groups is 1. The van der Waals surface area contributed by atoms with Crippen LogP contribution in [0.3, 0.4) is 0 Å². The van der Waals surface area contributed by atoms with Gasteiger partial charge in [-0.3, -0.25) is 0 Å². The molecule has 0 saturated carbocycles. The highest BCUT2D eigenvalue weighted by Gasteiger charge is 2.03. The molecule has 1 nitrogen and oxygen atoms in total. The fourth-order valence-corrected chi connectivity index (χ4v) is 3.44. The molecule has 0 unspecified atom stereocenters. The highest BCUT2D eigenvalue weighted by atomic mass is 32.2. The van der Waals surface area contributed by atoms with Crippen LogP contribution < -0.4 is 5.32 Å². The van der Waals surface area contributed by atoms with Crippen molar-refractivity contribution >= 4 is 11.8 Å². The zero-order valence-electron chi connectivity index (χ0n) is 13.3. The summed E-state index contributed by atoms with van der Waals surface area (Å²) in [5.74, 6) is 1.05. The van der Waals surface area contributed by atoms with Crippen molar-refractivity contribution in [3.8, 4) is 0 Å². The lowest BCUT2D eigenvalue weighted by molar-refractivity contribution is 0.675. The van der Waals surface area contributed by atoms with Gasteiger partial charge in [0.15, 0.2) is 0 Å². The van der Waals surface area contributed by atoms with E-state index in [1.165, 1.54) is 33.6 Å². The molecule has 0 radical (unpaired) electrons. The SMILES string of the molecule is CCCNCc1ccc(SCc2c(C)cccc2C)cc1. The predicted octanol–water partition coefficient (Wildman–Crippen LogP) is 5.10. The molecule has 112 valence electrons. The summed E-state index contributed by atoms with van der Waals surface area (Å²) in [5.41, 5.74) is 5.61. The summed E-state index contributed by atoms with van der Waals surface area (Å²) in [5, 5.41) is 3.44. The van der Waals surface area contributed by atoms with Crippen LogP contribution in [0, 0.1) is 13.8 Å². The van der Waals surface area contributed by atoms with Crippen molar-refractivity contribution in [3.63, 3.8) is 0 Å². The van der Waals surface area contributed by atoms with Crippen LogP contribution in [0.1, 0.15) is 35.6 Å². The van der Waals surface area contributed by atoms with Crippen molar-refractivity contribution in [2.75, 3.05) is 6.54 Å². The van der Waals surface area contributed by atoms with E-state index in [1.807, 2.05) is 11.8 Å². The molecule has 0 saturated heterocycles. The maximum atomic E-state index is 3.44. The average molecular weight is 299 g/mol. The Kier molecular flexibility index (Phi) is 6.34. The monoisotopic (exact) mass is 299 g/mol. The van der Waals surface area contributed by atoms with Crippen LogP contribution in [-0.4, -0.2) is 6.54 Å². The molecule has 0 heterocycles. The lowest BCUT2D eigenvalue weighted by Gasteiger charge is -2.10. The van der Waals surface area contributed by atoms with E-state index in [0.29, 0.717) is 0 Å². The molecule has 2 aromatic rings. The van der Waals surface area contributed by atoms with Gasteiger partial charge in [-0.2, -0.15) is 0 Å². The molecule has 0 aliphatic rings. The van der Waals surface area contributed by atoms with Gasteiger partial charge in [0, 0.05) is 17.2 Å². The minimum atomic E-state index is 0.968. The summed E-state index contributed by atoms with van der Waals surface area (Å²) >= 11 is 1.92. The molecule has 2 aromatic carbocycles. The van der Waals surface area contributed by atoms with Gasteiger partial charge >= 0.3 is 0 Å². The molecular weight excluding hydrogens is 274 g/mol. The van der Waals surface area contributed by atoms with Crippen molar-refractivity contribution in [1.82, 2.24) is 5.32 Å². The molecule has 1 N–H and O–H groups in total. The van der Waals surface area contributed by atoms with Gasteiger partial charge in [-0.1, -0.05) is 37.3 Å². The maximum Gasteiger partial charge on any atom is 0.0237 e. The number of nitrogens with one attached hydrogen (secondary N) is 1. The Morgan fingerprint density at radius 3 is 2.24 bits per heavy atom. The molecular formula is C19H25NS. The third-order valence-corrected chi connectivity index (χ3v) is 4.75. The van der Waals surface area contributed by atoms with Gasteiger partial charge in [0.05, 0.1) is 0 Å². The Labute approximate surface area is 133 Å². The first-order chi connectivity index (χ1) is 10.2. The highest BCUT2D eigenvalue weighted by molar-refractivity contribution is 7.98. The van der Waals surface area contributed by atoms with E-state index in [2.05, 4.69) is 68.6 Å². The molecule has 0 bridgehead atoms. The zero-order valence-corrected chi connectivity index (χ0v) is 14.1. The fraction of sp³-hybridized carbons (Fsp3) is 0.368. The summed E-state index contributed by atoms with van der Waals surface area (Å²) in [4.78, 5) is 1.34. The molecule has 0 aliphatic heterocycles. The van der Waals surface area contributed by atoms with Gasteiger partial charge in [-0.15, -0.1) is 11.8 Å². The van der Waals surface area contributed by atoms with Gasteiger partial charge in [0.25, 0.3) is 0 Å². The predicted molar refractivity (Wildman–Crippen MR) is 93.9 cm³/mol. The number of hydrogen-bond donors (Lipinski definition) is 1. The topological polar surface area (TPSA) is 12.0 Å². The van der Waals surface area contributed by atoms with Gasteiger partial charge in [0.2, 0.25) is 0 Å². The summed E-state index contributed by atoms with van der Waals surface area (Å²) in [6.07, 6.45) is 1.18. The third-order valence-electron chi connectivity index (χ3n) is 3.71. The van der Waals surface area contributed by atoms with Crippen LogP contribution in [0.15, 0.2) is 47.4 Å². The van der Waals surface area contributed by atoms with Crippen molar-refractivity contribution in [3.05, 3.63) is 64.7 Å². The first kappa shape index (κ1) is 16.1. The van der Waals surface area contributed by atoms with Gasteiger partial charge < -0.3 is 5.32 Å². The number of rotatable bonds is 7. The molecule has 21 heavy (non-hydrogen) atoms. The quantitative estimate of drug-likeness (QED) is 0.564. The Bertz CT molecular complexity index is 540. The van der Waals surface area contributed by atoms with Crippen LogP contribution in [0.4, 0.5) is 0 Å². The summed E-state index contributed by atoms with van der Waals surface area (Å²) in [7, 11) is 0. The van der Waals surface area contributed by atoms with Crippen molar-refractivity contribution < 1.29 is 0 Å². The third kappa shape index (κ3) is 4.90. The van der Waals surface area contributed by atoms with Gasteiger partial charge in [-0.05, 0) is 61.2 Å². The number of hydrogen-bond acceptors (Lipinski definition) is 2. The van der Waals surface area contributed by atoms with Gasteiger partial charge in [0.1, 0.15) is 0 Å². The van der Waals surface area contributed by atoms with E-state index in [0.717, 1.165) is 18.8 Å². The fourth-order valence-electron chi connectivity index (χ4n) is 2.35. The molecule has 2 heteroatoms. The summed E-state index contributed by atoms with van der Waals surface area (Å²) in [6.45, 7) is 8.65. The summed E-state index contributed by atoms with van der Waals surface area (Å²) < 4.78 is 0. The van der Waals surface area contributed by atoms with E-state index in [9.17, 15) is 0 Å². The Morgan fingerprint density at radius 2 is 1.62 bits per heavy atom. The first-order valence-electron chi connectivity index (χ1n) is 7.68. The van der Waals surface area contributed by atoms with Crippen molar-refractivity contribution in [2.45, 2.75) is 44.4 Å². The molecule has 0 aliphatic carbocycles. The van der Waals surface area contributed by atoms with Gasteiger partial charge in [-0.25, -0.2) is 0 Å². The second-order valence-electron chi connectivity index (χ2n) is 5.48. The molecule has 0 atom stereocenters. The van der Waals surface area contributed by atoms with Crippen LogP contribution in [0.5, 0.6) is 0 Å². The molecule has 0 spiro atoms. The minimum absolute atomic E-state index is 0.968. The van der Waals surface area contributed by atoms with Crippen molar-refractivity contribution in [2.24, 2.45) is 0 Å². The van der Waals surface area contributed by atoms with Crippen LogP contribution in [0.25, 0.3) is 0 Å². The molecule has 0 fully saturated rings. The molecule has 0 amide bonds. The lowest BCUT2D eigenvalue weighted by atomic mass is 10.1. The standard InChI is InChI=1S/C19H25NS/c1-4-12-20-13-17-8-10-18(11-9-17)21-14-19-15(2)6-5-7-16(19)3/h5-11,20H,4,12-14H2,1-3H3. The van der Waals surface area contributed by atoms with Crippen LogP contribution in [-0.2, 0) is 12.3 Å². The zero-order chi connectivity index (χ0) is 15.1. The average Bonchev–Trinajstić information content (AvgIpc) is 2.48. The Morgan fingerprint density at radius 1 is 0.952 bits per heavy atom. The second-order valence-corrected chi connectivity index (χ2v) is 6.53. The Balaban J connectivity index is 1.92. The minimum Gasteiger partial charge on any atom is -0.313 e. The molecule has 2 rings (SSSR count). The highest BCUT2D eigenvalue weighted by Crippen LogP contribution is 2.26. The Hall–Kier alpha value is -1.25. The van der Waals surface area contributed by atoms with Crippen LogP contribution >= 0.6 is 11.8 Å². The maximum absolute atomic E-state index is 3.44. The van der Waals surface area contributed by atoms with Crippen LogP contribution in [0.2, 0.25) is 0 Å². The second kappa shape index (κ2) is 8.26. The van der Waals surface area contributed by atoms with E-state index in [1.54, 1.807) is 0 Å². The van der Waals surface area contributed by atoms with Crippen molar-refractivity contribution in [1.29, 1.82) is 0 Å². The smallest absolute Gasteiger partial charge is 0.0237 e. The van der Waals surface area contributed by atoms with E-state index >= 15 is 0 Å². The molecule has 0 aromatic heterocycles. The lowest BCUT2D eigenvalue weighted by Crippen LogP contribution is -2.13. The van der Waals surface area contributed by atoms with E-state index in [-0.39, 0.29) is 0 Å². The van der Waals surface area contributed by atoms with E-state index in [4.69, 9.17) is 0 Å². The normalized spacial score (nSPS) is 10.8. The largest absolute Gasteiger partial charge is 0.313 e. The first-order valence-corrected chi connectivity index (χ1v) is 8.67. The summed E-state index contributed by atoms with van der Waals surface area (Å²) in [6, 6.07) is 15.5. The number of benzene rings is 2. The number of aryl methyl sites for hydroxylation is 2. The van der Waals surface area contributed by atoms with E-state index < -0.39 is 0 Å².